The van der Waals surface area contributed by atoms with Gasteiger partial charge in [0.1, 0.15) is 5.75 Å². The highest BCUT2D eigenvalue weighted by Crippen LogP contribution is 2.26. The average molecular weight is 487 g/mol. The molecule has 0 aliphatic heterocycles. The van der Waals surface area contributed by atoms with Crippen molar-refractivity contribution in [3.8, 4) is 5.75 Å². The zero-order chi connectivity index (χ0) is 24.2. The number of hydrogen-bond donors (Lipinski definition) is 2. The van der Waals surface area contributed by atoms with Crippen LogP contribution in [-0.2, 0) is 14.8 Å². The monoisotopic (exact) mass is 486 g/mol. The lowest BCUT2D eigenvalue weighted by Crippen LogP contribution is -2.32. The quantitative estimate of drug-likeness (QED) is 0.417. The summed E-state index contributed by atoms with van der Waals surface area (Å²) in [5, 5.41) is 3.26. The summed E-state index contributed by atoms with van der Waals surface area (Å²) in [6.07, 6.45) is -0.198. The van der Waals surface area contributed by atoms with Gasteiger partial charge < -0.3 is 10.1 Å². The molecule has 2 N–H and O–H groups in total. The van der Waals surface area contributed by atoms with Gasteiger partial charge in [-0.2, -0.15) is 0 Å². The highest BCUT2D eigenvalue weighted by molar-refractivity contribution is 7.92. The molecule has 3 rings (SSSR count). The third-order valence-electron chi connectivity index (χ3n) is 5.36. The Morgan fingerprint density at radius 2 is 1.70 bits per heavy atom. The zero-order valence-corrected chi connectivity index (χ0v) is 20.5. The van der Waals surface area contributed by atoms with Gasteiger partial charge in [0.25, 0.3) is 15.9 Å². The first-order chi connectivity index (χ1) is 15.6. The molecule has 0 aliphatic rings. The van der Waals surface area contributed by atoms with Crippen LogP contribution in [0.4, 0.5) is 11.4 Å². The van der Waals surface area contributed by atoms with E-state index >= 15 is 0 Å². The Morgan fingerprint density at radius 3 is 2.33 bits per heavy atom. The maximum atomic E-state index is 12.7. The standard InChI is InChI=1S/C25H27ClN2O4S/c1-5-24(32-20-12-9-16(2)17(3)15-20)25(29)27-19-10-13-21(14-11-19)33(30,31)28-23-8-6-7-22(26)18(23)4/h6-15,24,28H,5H2,1-4H3,(H,27,29)/t24-/m1/s1. The summed E-state index contributed by atoms with van der Waals surface area (Å²) < 4.78 is 33.9. The van der Waals surface area contributed by atoms with Crippen molar-refractivity contribution in [1.29, 1.82) is 0 Å². The van der Waals surface area contributed by atoms with E-state index in [-0.39, 0.29) is 10.8 Å². The Kier molecular flexibility index (Phi) is 7.66. The van der Waals surface area contributed by atoms with Gasteiger partial charge in [-0.3, -0.25) is 9.52 Å². The van der Waals surface area contributed by atoms with E-state index in [2.05, 4.69) is 10.0 Å². The molecule has 174 valence electrons. The van der Waals surface area contributed by atoms with Crippen LogP contribution in [0.3, 0.4) is 0 Å². The van der Waals surface area contributed by atoms with E-state index in [9.17, 15) is 13.2 Å². The molecule has 0 fully saturated rings. The highest BCUT2D eigenvalue weighted by Gasteiger charge is 2.20. The van der Waals surface area contributed by atoms with Crippen LogP contribution in [0.2, 0.25) is 5.02 Å². The van der Waals surface area contributed by atoms with E-state index in [0.29, 0.717) is 34.1 Å². The van der Waals surface area contributed by atoms with E-state index in [1.807, 2.05) is 39.0 Å². The lowest BCUT2D eigenvalue weighted by Gasteiger charge is -2.18. The number of carbonyl (C=O) groups excluding carboxylic acids is 1. The van der Waals surface area contributed by atoms with Gasteiger partial charge >= 0.3 is 0 Å². The molecule has 0 aliphatic carbocycles. The minimum atomic E-state index is -3.81. The number of rotatable bonds is 8. The lowest BCUT2D eigenvalue weighted by atomic mass is 10.1. The zero-order valence-electron chi connectivity index (χ0n) is 19.0. The molecule has 1 atom stereocenters. The van der Waals surface area contributed by atoms with Crippen LogP contribution in [0.5, 0.6) is 5.75 Å². The number of anilines is 2. The summed E-state index contributed by atoms with van der Waals surface area (Å²) in [7, 11) is -3.81. The molecule has 8 heteroatoms. The van der Waals surface area contributed by atoms with Crippen LogP contribution in [0.25, 0.3) is 0 Å². The van der Waals surface area contributed by atoms with Gasteiger partial charge in [-0.05, 0) is 92.4 Å². The van der Waals surface area contributed by atoms with Crippen molar-refractivity contribution in [2.24, 2.45) is 0 Å². The van der Waals surface area contributed by atoms with Gasteiger partial charge in [-0.25, -0.2) is 8.42 Å². The molecule has 0 saturated heterocycles. The molecule has 0 bridgehead atoms. The predicted molar refractivity (Wildman–Crippen MR) is 133 cm³/mol. The average Bonchev–Trinajstić information content (AvgIpc) is 2.78. The number of halogens is 1. The van der Waals surface area contributed by atoms with Crippen molar-refractivity contribution in [1.82, 2.24) is 0 Å². The van der Waals surface area contributed by atoms with E-state index in [4.69, 9.17) is 16.3 Å². The molecule has 0 heterocycles. The number of carbonyl (C=O) groups is 1. The number of aryl methyl sites for hydroxylation is 2. The second-order valence-electron chi connectivity index (χ2n) is 7.79. The molecule has 33 heavy (non-hydrogen) atoms. The lowest BCUT2D eigenvalue weighted by molar-refractivity contribution is -0.122. The smallest absolute Gasteiger partial charge is 0.265 e. The van der Waals surface area contributed by atoms with E-state index in [0.717, 1.165) is 11.1 Å². The highest BCUT2D eigenvalue weighted by atomic mass is 35.5. The molecular formula is C25H27ClN2O4S. The van der Waals surface area contributed by atoms with E-state index in [1.54, 1.807) is 37.3 Å². The first-order valence-corrected chi connectivity index (χ1v) is 12.4. The summed E-state index contributed by atoms with van der Waals surface area (Å²) in [5.74, 6) is 0.322. The van der Waals surface area contributed by atoms with Crippen LogP contribution >= 0.6 is 11.6 Å². The van der Waals surface area contributed by atoms with Gasteiger partial charge in [0.15, 0.2) is 6.10 Å². The molecule has 0 spiro atoms. The fourth-order valence-electron chi connectivity index (χ4n) is 3.14. The van der Waals surface area contributed by atoms with Crippen molar-refractivity contribution in [2.75, 3.05) is 10.0 Å². The molecular weight excluding hydrogens is 460 g/mol. The number of benzene rings is 3. The second-order valence-corrected chi connectivity index (χ2v) is 9.88. The number of sulfonamides is 1. The summed E-state index contributed by atoms with van der Waals surface area (Å²) in [6, 6.07) is 16.7. The van der Waals surface area contributed by atoms with Crippen LogP contribution in [0.1, 0.15) is 30.0 Å². The summed E-state index contributed by atoms with van der Waals surface area (Å²) in [5.41, 5.74) is 3.76. The molecule has 0 saturated carbocycles. The molecule has 3 aromatic rings. The number of ether oxygens (including phenoxy) is 1. The first kappa shape index (κ1) is 24.6. The Bertz CT molecular complexity index is 1260. The Labute approximate surface area is 200 Å². The number of nitrogens with one attached hydrogen (secondary N) is 2. The molecule has 0 aromatic heterocycles. The van der Waals surface area contributed by atoms with Crippen molar-refractivity contribution >= 4 is 38.9 Å². The third-order valence-corrected chi connectivity index (χ3v) is 7.15. The van der Waals surface area contributed by atoms with E-state index in [1.165, 1.54) is 12.1 Å². The van der Waals surface area contributed by atoms with Crippen LogP contribution < -0.4 is 14.8 Å². The van der Waals surface area contributed by atoms with Crippen molar-refractivity contribution in [3.05, 3.63) is 82.4 Å². The van der Waals surface area contributed by atoms with Crippen molar-refractivity contribution in [3.63, 3.8) is 0 Å². The van der Waals surface area contributed by atoms with Gasteiger partial charge in [-0.15, -0.1) is 0 Å². The molecule has 0 radical (unpaired) electrons. The Balaban J connectivity index is 1.69. The first-order valence-electron chi connectivity index (χ1n) is 10.5. The van der Waals surface area contributed by atoms with Crippen molar-refractivity contribution < 1.29 is 17.9 Å². The van der Waals surface area contributed by atoms with Crippen LogP contribution in [-0.4, -0.2) is 20.4 Å². The molecule has 6 nitrogen and oxygen atoms in total. The summed E-state index contributed by atoms with van der Waals surface area (Å²) >= 11 is 6.08. The number of hydrogen-bond acceptors (Lipinski definition) is 4. The minimum Gasteiger partial charge on any atom is -0.481 e. The number of amides is 1. The van der Waals surface area contributed by atoms with Crippen molar-refractivity contribution in [2.45, 2.75) is 45.1 Å². The Morgan fingerprint density at radius 1 is 1.00 bits per heavy atom. The van der Waals surface area contributed by atoms with Gasteiger partial charge in [0.2, 0.25) is 0 Å². The third kappa shape index (κ3) is 6.06. The van der Waals surface area contributed by atoms with Gasteiger partial charge in [0.05, 0.1) is 10.6 Å². The van der Waals surface area contributed by atoms with Gasteiger partial charge in [-0.1, -0.05) is 30.7 Å². The van der Waals surface area contributed by atoms with Crippen LogP contribution in [0.15, 0.2) is 65.6 Å². The van der Waals surface area contributed by atoms with Crippen LogP contribution in [0, 0.1) is 20.8 Å². The predicted octanol–water partition coefficient (Wildman–Crippen LogP) is 5.86. The second kappa shape index (κ2) is 10.3. The fraction of sp³-hybridized carbons (Fsp3) is 0.240. The largest absolute Gasteiger partial charge is 0.481 e. The molecule has 3 aromatic carbocycles. The SMILES string of the molecule is CC[C@@H](Oc1ccc(C)c(C)c1)C(=O)Nc1ccc(S(=O)(=O)Nc2cccc(Cl)c2C)cc1. The maximum Gasteiger partial charge on any atom is 0.265 e. The topological polar surface area (TPSA) is 84.5 Å². The maximum absolute atomic E-state index is 12.7. The normalized spacial score (nSPS) is 12.2. The molecule has 0 unspecified atom stereocenters. The minimum absolute atomic E-state index is 0.0679. The summed E-state index contributed by atoms with van der Waals surface area (Å²) in [6.45, 7) is 7.60. The summed E-state index contributed by atoms with van der Waals surface area (Å²) in [4.78, 5) is 12.8. The van der Waals surface area contributed by atoms with Gasteiger partial charge in [0, 0.05) is 10.7 Å². The van der Waals surface area contributed by atoms with E-state index < -0.39 is 16.1 Å². The molecule has 1 amide bonds. The Hall–Kier alpha value is -3.03. The fourth-order valence-corrected chi connectivity index (χ4v) is 4.43.